The van der Waals surface area contributed by atoms with Gasteiger partial charge in [-0.2, -0.15) is 0 Å². The van der Waals surface area contributed by atoms with Crippen LogP contribution in [0.4, 0.5) is 4.39 Å². The summed E-state index contributed by atoms with van der Waals surface area (Å²) in [5.74, 6) is -0.697. The Bertz CT molecular complexity index is 446. The molecule has 0 bridgehead atoms. The summed E-state index contributed by atoms with van der Waals surface area (Å²) in [5, 5.41) is 9.41. The second-order valence-corrected chi connectivity index (χ2v) is 4.75. The number of carbonyl (C=O) groups is 1. The van der Waals surface area contributed by atoms with Crippen molar-refractivity contribution in [1.82, 2.24) is 4.90 Å². The fourth-order valence-corrected chi connectivity index (χ4v) is 1.76. The van der Waals surface area contributed by atoms with Gasteiger partial charge in [-0.15, -0.1) is 0 Å². The van der Waals surface area contributed by atoms with Crippen molar-refractivity contribution in [2.24, 2.45) is 0 Å². The van der Waals surface area contributed by atoms with Gasteiger partial charge in [0.2, 0.25) is 0 Å². The lowest BCUT2D eigenvalue weighted by atomic mass is 10.1. The van der Waals surface area contributed by atoms with Crippen LogP contribution < -0.4 is 4.74 Å². The van der Waals surface area contributed by atoms with E-state index in [9.17, 15) is 14.3 Å². The summed E-state index contributed by atoms with van der Waals surface area (Å²) >= 11 is 0. The van der Waals surface area contributed by atoms with E-state index in [1.54, 1.807) is 6.92 Å². The molecule has 5 heteroatoms. The van der Waals surface area contributed by atoms with Crippen molar-refractivity contribution in [2.75, 3.05) is 13.7 Å². The highest BCUT2D eigenvalue weighted by molar-refractivity contribution is 5.94. The molecule has 4 nitrogen and oxygen atoms in total. The number of ether oxygens (including phenoxy) is 1. The molecule has 0 aliphatic carbocycles. The van der Waals surface area contributed by atoms with Crippen LogP contribution in [0, 0.1) is 5.82 Å². The molecule has 1 aromatic rings. The fraction of sp³-hybridized carbons (Fsp3) is 0.500. The molecule has 1 aromatic carbocycles. The van der Waals surface area contributed by atoms with Crippen LogP contribution in [-0.2, 0) is 0 Å². The second-order valence-electron chi connectivity index (χ2n) is 4.75. The molecule has 0 aliphatic rings. The molecule has 1 rings (SSSR count). The summed E-state index contributed by atoms with van der Waals surface area (Å²) in [4.78, 5) is 13.7. The molecule has 106 valence electrons. The van der Waals surface area contributed by atoms with Gasteiger partial charge in [0.15, 0.2) is 0 Å². The van der Waals surface area contributed by atoms with Gasteiger partial charge in [-0.05, 0) is 32.9 Å². The summed E-state index contributed by atoms with van der Waals surface area (Å²) in [7, 11) is 1.43. The Hall–Kier alpha value is -1.62. The standard InChI is InChI=1S/C14H20FNO3/c1-9(2)16(8-10(3)17)14(18)12-6-5-11(19-4)7-13(12)15/h5-7,9-10,17H,8H2,1-4H3. The van der Waals surface area contributed by atoms with Crippen LogP contribution in [0.25, 0.3) is 0 Å². The molecular weight excluding hydrogens is 249 g/mol. The molecule has 1 N–H and O–H groups in total. The van der Waals surface area contributed by atoms with Crippen molar-refractivity contribution in [3.63, 3.8) is 0 Å². The number of halogens is 1. The quantitative estimate of drug-likeness (QED) is 0.890. The highest BCUT2D eigenvalue weighted by Crippen LogP contribution is 2.18. The molecule has 0 aliphatic heterocycles. The van der Waals surface area contributed by atoms with Gasteiger partial charge in [0.25, 0.3) is 5.91 Å². The van der Waals surface area contributed by atoms with Crippen molar-refractivity contribution in [3.05, 3.63) is 29.6 Å². The first-order chi connectivity index (χ1) is 8.86. The van der Waals surface area contributed by atoms with E-state index in [0.717, 1.165) is 0 Å². The van der Waals surface area contributed by atoms with Gasteiger partial charge < -0.3 is 14.7 Å². The highest BCUT2D eigenvalue weighted by Gasteiger charge is 2.23. The van der Waals surface area contributed by atoms with Crippen molar-refractivity contribution in [2.45, 2.75) is 32.9 Å². The average Bonchev–Trinajstić information content (AvgIpc) is 2.34. The monoisotopic (exact) mass is 269 g/mol. The number of nitrogens with zero attached hydrogens (tertiary/aromatic N) is 1. The second kappa shape index (κ2) is 6.52. The molecule has 0 saturated heterocycles. The average molecular weight is 269 g/mol. The summed E-state index contributed by atoms with van der Waals surface area (Å²) in [5.41, 5.74) is -0.0184. The number of amides is 1. The third-order valence-corrected chi connectivity index (χ3v) is 2.75. The smallest absolute Gasteiger partial charge is 0.257 e. The number of rotatable bonds is 5. The molecule has 0 saturated carbocycles. The predicted molar refractivity (Wildman–Crippen MR) is 70.8 cm³/mol. The summed E-state index contributed by atoms with van der Waals surface area (Å²) < 4.78 is 18.8. The number of carbonyl (C=O) groups excluding carboxylic acids is 1. The first-order valence-electron chi connectivity index (χ1n) is 6.19. The number of benzene rings is 1. The number of aliphatic hydroxyl groups is 1. The van der Waals surface area contributed by atoms with Gasteiger partial charge in [0.1, 0.15) is 11.6 Å². The maximum Gasteiger partial charge on any atom is 0.257 e. The van der Waals surface area contributed by atoms with E-state index in [-0.39, 0.29) is 18.2 Å². The minimum atomic E-state index is -0.660. The summed E-state index contributed by atoms with van der Waals surface area (Å²) in [6.45, 7) is 5.40. The third kappa shape index (κ3) is 3.92. The van der Waals surface area contributed by atoms with Crippen LogP contribution in [0.3, 0.4) is 0 Å². The van der Waals surface area contributed by atoms with Gasteiger partial charge in [-0.3, -0.25) is 4.79 Å². The normalized spacial score (nSPS) is 12.4. The van der Waals surface area contributed by atoms with Gasteiger partial charge in [-0.1, -0.05) is 0 Å². The highest BCUT2D eigenvalue weighted by atomic mass is 19.1. The maximum atomic E-state index is 13.9. The molecule has 0 heterocycles. The van der Waals surface area contributed by atoms with Crippen molar-refractivity contribution in [1.29, 1.82) is 0 Å². The number of hydrogen-bond donors (Lipinski definition) is 1. The van der Waals surface area contributed by atoms with E-state index in [4.69, 9.17) is 4.74 Å². The SMILES string of the molecule is COc1ccc(C(=O)N(CC(C)O)C(C)C)c(F)c1. The maximum absolute atomic E-state index is 13.9. The Balaban J connectivity index is 3.02. The first kappa shape index (κ1) is 15.4. The van der Waals surface area contributed by atoms with E-state index in [2.05, 4.69) is 0 Å². The molecule has 0 radical (unpaired) electrons. The summed E-state index contributed by atoms with van der Waals surface area (Å²) in [6, 6.07) is 3.99. The van der Waals surface area contributed by atoms with E-state index in [1.165, 1.54) is 30.2 Å². The van der Waals surface area contributed by atoms with Crippen LogP contribution in [-0.4, -0.2) is 41.7 Å². The topological polar surface area (TPSA) is 49.8 Å². The van der Waals surface area contributed by atoms with Crippen LogP contribution in [0.1, 0.15) is 31.1 Å². The summed E-state index contributed by atoms with van der Waals surface area (Å²) in [6.07, 6.45) is -0.660. The Kier molecular flexibility index (Phi) is 5.30. The Labute approximate surface area is 112 Å². The predicted octanol–water partition coefficient (Wildman–Crippen LogP) is 2.07. The molecule has 0 spiro atoms. The van der Waals surface area contributed by atoms with Crippen molar-refractivity contribution < 1.29 is 19.0 Å². The van der Waals surface area contributed by atoms with Gasteiger partial charge in [0, 0.05) is 18.7 Å². The van der Waals surface area contributed by atoms with Gasteiger partial charge in [-0.25, -0.2) is 4.39 Å². The van der Waals surface area contributed by atoms with E-state index in [1.807, 2.05) is 13.8 Å². The number of hydrogen-bond acceptors (Lipinski definition) is 3. The molecule has 0 aromatic heterocycles. The zero-order valence-corrected chi connectivity index (χ0v) is 11.7. The van der Waals surface area contributed by atoms with Crippen LogP contribution in [0.5, 0.6) is 5.75 Å². The molecule has 1 unspecified atom stereocenters. The van der Waals surface area contributed by atoms with E-state index >= 15 is 0 Å². The lowest BCUT2D eigenvalue weighted by Gasteiger charge is -2.28. The van der Waals surface area contributed by atoms with Crippen LogP contribution >= 0.6 is 0 Å². The lowest BCUT2D eigenvalue weighted by molar-refractivity contribution is 0.0574. The third-order valence-electron chi connectivity index (χ3n) is 2.75. The van der Waals surface area contributed by atoms with E-state index < -0.39 is 17.8 Å². The molecule has 19 heavy (non-hydrogen) atoms. The number of methoxy groups -OCH3 is 1. The largest absolute Gasteiger partial charge is 0.497 e. The minimum absolute atomic E-state index is 0.0184. The van der Waals surface area contributed by atoms with Gasteiger partial charge in [0.05, 0.1) is 18.8 Å². The zero-order valence-electron chi connectivity index (χ0n) is 11.7. The minimum Gasteiger partial charge on any atom is -0.497 e. The molecular formula is C14H20FNO3. The number of aliphatic hydroxyl groups excluding tert-OH is 1. The zero-order chi connectivity index (χ0) is 14.6. The van der Waals surface area contributed by atoms with Gasteiger partial charge >= 0.3 is 0 Å². The van der Waals surface area contributed by atoms with Crippen LogP contribution in [0.15, 0.2) is 18.2 Å². The Morgan fingerprint density at radius 1 is 1.42 bits per heavy atom. The molecule has 1 atom stereocenters. The lowest BCUT2D eigenvalue weighted by Crippen LogP contribution is -2.41. The fourth-order valence-electron chi connectivity index (χ4n) is 1.76. The first-order valence-corrected chi connectivity index (χ1v) is 6.19. The van der Waals surface area contributed by atoms with Crippen LogP contribution in [0.2, 0.25) is 0 Å². The molecule has 0 fully saturated rings. The van der Waals surface area contributed by atoms with Crippen molar-refractivity contribution in [3.8, 4) is 5.75 Å². The Morgan fingerprint density at radius 2 is 2.05 bits per heavy atom. The van der Waals surface area contributed by atoms with E-state index in [0.29, 0.717) is 5.75 Å². The molecule has 1 amide bonds. The van der Waals surface area contributed by atoms with Crippen molar-refractivity contribution >= 4 is 5.91 Å². The Morgan fingerprint density at radius 3 is 2.47 bits per heavy atom.